The summed E-state index contributed by atoms with van der Waals surface area (Å²) in [7, 11) is 0. The van der Waals surface area contributed by atoms with Crippen LogP contribution < -0.4 is 11.1 Å². The molecule has 2 unspecified atom stereocenters. The molecule has 6 N–H and O–H groups in total. The molecule has 1 saturated heterocycles. The number of aliphatic hydroxyl groups is 3. The number of ether oxygens (including phenoxy) is 1. The van der Waals surface area contributed by atoms with Crippen LogP contribution in [0.15, 0.2) is 6.33 Å². The SMILES string of the molecule is CCCCCCCCCCCCCC(=O)NCCCCCC(=O)c1nc(N)c2ncn([C@@H]3O[C@H](CO)C(O)C3O)c2n1. The minimum Gasteiger partial charge on any atom is -0.394 e. The third-order valence-corrected chi connectivity index (χ3v) is 7.90. The summed E-state index contributed by atoms with van der Waals surface area (Å²) in [5.74, 6) is -0.230. The third kappa shape index (κ3) is 9.96. The standard InChI is InChI=1S/C30H50N6O6/c1-2-3-4-5-6-7-8-9-10-11-14-17-23(39)32-18-15-12-13-16-21(38)28-34-27(31)24-29(35-28)36(20-33-24)30-26(41)25(40)22(19-37)42-30/h20,22,25-26,30,37,40-41H,2-19H2,1H3,(H,32,39)(H2,31,34,35)/t22-,25?,26?,30-/m1/s1. The second-order valence-corrected chi connectivity index (χ2v) is 11.4. The van der Waals surface area contributed by atoms with E-state index >= 15 is 0 Å². The number of ketones is 1. The van der Waals surface area contributed by atoms with Crippen LogP contribution in [-0.4, -0.2) is 78.0 Å². The Bertz CT molecular complexity index is 1110. The number of Topliss-reactive ketones (excluding diaryl/α,β-unsaturated/α-hetero) is 1. The van der Waals surface area contributed by atoms with Crippen molar-refractivity contribution >= 4 is 28.7 Å². The van der Waals surface area contributed by atoms with Gasteiger partial charge in [0.15, 0.2) is 29.3 Å². The first-order valence-corrected chi connectivity index (χ1v) is 15.8. The number of hydrogen-bond donors (Lipinski definition) is 5. The number of nitrogens with one attached hydrogen (secondary N) is 1. The number of carbonyl (C=O) groups is 2. The predicted molar refractivity (Wildman–Crippen MR) is 160 cm³/mol. The smallest absolute Gasteiger partial charge is 0.219 e. The zero-order chi connectivity index (χ0) is 30.3. The van der Waals surface area contributed by atoms with Crippen molar-refractivity contribution < 1.29 is 29.6 Å². The van der Waals surface area contributed by atoms with Crippen molar-refractivity contribution in [2.45, 2.75) is 134 Å². The topological polar surface area (TPSA) is 186 Å². The number of nitrogens with two attached hydrogens (primary N) is 1. The highest BCUT2D eigenvalue weighted by Gasteiger charge is 2.44. The number of unbranched alkanes of at least 4 members (excludes halogenated alkanes) is 12. The zero-order valence-corrected chi connectivity index (χ0v) is 25.0. The summed E-state index contributed by atoms with van der Waals surface area (Å²) in [5.41, 5.74) is 6.46. The Balaban J connectivity index is 1.30. The summed E-state index contributed by atoms with van der Waals surface area (Å²) in [5, 5.41) is 32.8. The number of aromatic nitrogens is 4. The highest BCUT2D eigenvalue weighted by atomic mass is 16.6. The fourth-order valence-electron chi connectivity index (χ4n) is 5.32. The van der Waals surface area contributed by atoms with Crippen molar-refractivity contribution in [3.8, 4) is 0 Å². The molecule has 236 valence electrons. The van der Waals surface area contributed by atoms with Crippen molar-refractivity contribution in [3.63, 3.8) is 0 Å². The number of anilines is 1. The van der Waals surface area contributed by atoms with Gasteiger partial charge in [0.1, 0.15) is 23.8 Å². The summed E-state index contributed by atoms with van der Waals surface area (Å²) in [6.45, 7) is 2.36. The number of nitrogens with zero attached hydrogens (tertiary/aromatic N) is 4. The van der Waals surface area contributed by atoms with Gasteiger partial charge in [0.25, 0.3) is 0 Å². The van der Waals surface area contributed by atoms with Crippen molar-refractivity contribution in [1.82, 2.24) is 24.8 Å². The van der Waals surface area contributed by atoms with Gasteiger partial charge in [-0.25, -0.2) is 15.0 Å². The van der Waals surface area contributed by atoms with Gasteiger partial charge in [0.2, 0.25) is 5.91 Å². The van der Waals surface area contributed by atoms with E-state index in [0.29, 0.717) is 19.4 Å². The average molecular weight is 591 g/mol. The van der Waals surface area contributed by atoms with E-state index in [9.17, 15) is 24.9 Å². The molecule has 0 aromatic carbocycles. The molecule has 0 radical (unpaired) electrons. The maximum absolute atomic E-state index is 12.8. The first kappa shape index (κ1) is 33.8. The molecular formula is C30H50N6O6. The minimum atomic E-state index is -1.32. The predicted octanol–water partition coefficient (Wildman–Crippen LogP) is 3.58. The minimum absolute atomic E-state index is 0.0226. The molecule has 0 bridgehead atoms. The zero-order valence-electron chi connectivity index (χ0n) is 25.0. The van der Waals surface area contributed by atoms with Gasteiger partial charge in [-0.15, -0.1) is 0 Å². The largest absolute Gasteiger partial charge is 0.394 e. The summed E-state index contributed by atoms with van der Waals surface area (Å²) in [6.07, 6.45) is 13.5. The molecule has 3 heterocycles. The molecular weight excluding hydrogens is 540 g/mol. The van der Waals surface area contributed by atoms with E-state index in [-0.39, 0.29) is 40.9 Å². The highest BCUT2D eigenvalue weighted by molar-refractivity contribution is 5.95. The van der Waals surface area contributed by atoms with Crippen LogP contribution in [0.1, 0.15) is 127 Å². The molecule has 1 amide bonds. The van der Waals surface area contributed by atoms with Gasteiger partial charge in [0, 0.05) is 19.4 Å². The van der Waals surface area contributed by atoms with Crippen molar-refractivity contribution in [2.75, 3.05) is 18.9 Å². The quantitative estimate of drug-likeness (QED) is 0.106. The number of amides is 1. The lowest BCUT2D eigenvalue weighted by atomic mass is 10.1. The van der Waals surface area contributed by atoms with Gasteiger partial charge in [0.05, 0.1) is 12.9 Å². The fourth-order valence-corrected chi connectivity index (χ4v) is 5.32. The molecule has 4 atom stereocenters. The number of aliphatic hydroxyl groups excluding tert-OH is 3. The van der Waals surface area contributed by atoms with Crippen LogP contribution in [-0.2, 0) is 9.53 Å². The summed E-state index contributed by atoms with van der Waals surface area (Å²) in [4.78, 5) is 37.5. The van der Waals surface area contributed by atoms with Crippen molar-refractivity contribution in [1.29, 1.82) is 0 Å². The lowest BCUT2D eigenvalue weighted by Crippen LogP contribution is -2.33. The Hall–Kier alpha value is -2.67. The molecule has 0 spiro atoms. The maximum atomic E-state index is 12.8. The van der Waals surface area contributed by atoms with Crippen LogP contribution in [0, 0.1) is 0 Å². The van der Waals surface area contributed by atoms with E-state index in [2.05, 4.69) is 27.2 Å². The maximum Gasteiger partial charge on any atom is 0.219 e. The number of rotatable bonds is 21. The van der Waals surface area contributed by atoms with Gasteiger partial charge in [-0.1, -0.05) is 77.6 Å². The van der Waals surface area contributed by atoms with E-state index < -0.39 is 31.1 Å². The molecule has 12 heteroatoms. The Morgan fingerprint density at radius 3 is 2.17 bits per heavy atom. The van der Waals surface area contributed by atoms with Crippen LogP contribution in [0.5, 0.6) is 0 Å². The van der Waals surface area contributed by atoms with Crippen LogP contribution in [0.2, 0.25) is 0 Å². The molecule has 1 aliphatic heterocycles. The molecule has 1 fully saturated rings. The number of nitrogen functional groups attached to an aromatic ring is 1. The van der Waals surface area contributed by atoms with Gasteiger partial charge in [-0.2, -0.15) is 0 Å². The number of fused-ring (bicyclic) bond motifs is 1. The Labute approximate surface area is 248 Å². The van der Waals surface area contributed by atoms with Crippen molar-refractivity contribution in [2.24, 2.45) is 0 Å². The molecule has 3 rings (SSSR count). The van der Waals surface area contributed by atoms with Crippen LogP contribution in [0.25, 0.3) is 11.2 Å². The normalized spacial score (nSPS) is 20.4. The van der Waals surface area contributed by atoms with E-state index in [1.807, 2.05) is 0 Å². The fraction of sp³-hybridized carbons (Fsp3) is 0.767. The highest BCUT2D eigenvalue weighted by Crippen LogP contribution is 2.32. The number of hydrogen-bond acceptors (Lipinski definition) is 10. The second-order valence-electron chi connectivity index (χ2n) is 11.4. The van der Waals surface area contributed by atoms with E-state index in [1.54, 1.807) is 0 Å². The van der Waals surface area contributed by atoms with Gasteiger partial charge in [-0.05, 0) is 19.3 Å². The first-order chi connectivity index (χ1) is 20.4. The lowest BCUT2D eigenvalue weighted by molar-refractivity contribution is -0.121. The molecule has 42 heavy (non-hydrogen) atoms. The van der Waals surface area contributed by atoms with Gasteiger partial charge < -0.3 is 31.1 Å². The third-order valence-electron chi connectivity index (χ3n) is 7.90. The van der Waals surface area contributed by atoms with Crippen LogP contribution >= 0.6 is 0 Å². The van der Waals surface area contributed by atoms with Crippen LogP contribution in [0.4, 0.5) is 5.82 Å². The molecule has 1 aliphatic rings. The number of imidazole rings is 1. The molecule has 0 saturated carbocycles. The Morgan fingerprint density at radius 2 is 1.52 bits per heavy atom. The van der Waals surface area contributed by atoms with E-state index in [0.717, 1.165) is 25.7 Å². The van der Waals surface area contributed by atoms with Crippen LogP contribution in [0.3, 0.4) is 0 Å². The number of carbonyl (C=O) groups excluding carboxylic acids is 2. The summed E-state index contributed by atoms with van der Waals surface area (Å²) < 4.78 is 6.94. The monoisotopic (exact) mass is 590 g/mol. The summed E-state index contributed by atoms with van der Waals surface area (Å²) >= 11 is 0. The van der Waals surface area contributed by atoms with Gasteiger partial charge >= 0.3 is 0 Å². The Morgan fingerprint density at radius 1 is 0.905 bits per heavy atom. The van der Waals surface area contributed by atoms with E-state index in [4.69, 9.17) is 10.5 Å². The molecule has 12 nitrogen and oxygen atoms in total. The van der Waals surface area contributed by atoms with Gasteiger partial charge in [-0.3, -0.25) is 14.2 Å². The second kappa shape index (κ2) is 18.1. The average Bonchev–Trinajstić information content (AvgIpc) is 3.53. The summed E-state index contributed by atoms with van der Waals surface area (Å²) in [6, 6.07) is 0. The molecule has 2 aromatic heterocycles. The van der Waals surface area contributed by atoms with E-state index in [1.165, 1.54) is 68.7 Å². The lowest BCUT2D eigenvalue weighted by Gasteiger charge is -2.16. The molecule has 2 aromatic rings. The first-order valence-electron chi connectivity index (χ1n) is 15.8. The Kier molecular flexibility index (Phi) is 14.6. The molecule has 0 aliphatic carbocycles. The van der Waals surface area contributed by atoms with Crippen molar-refractivity contribution in [3.05, 3.63) is 12.2 Å².